The van der Waals surface area contributed by atoms with E-state index in [0.29, 0.717) is 11.3 Å². The van der Waals surface area contributed by atoms with Crippen LogP contribution in [-0.4, -0.2) is 40.0 Å². The van der Waals surface area contributed by atoms with Crippen LogP contribution in [-0.2, 0) is 10.9 Å². The molecule has 2 rings (SSSR count). The molecule has 2 aromatic rings. The van der Waals surface area contributed by atoms with E-state index in [2.05, 4.69) is 0 Å². The molecule has 0 N–H and O–H groups in total. The molecule has 0 saturated carbocycles. The Labute approximate surface area is 152 Å². The molecule has 25 heavy (non-hydrogen) atoms. The number of halogens is 3. The molecule has 1 aromatic carbocycles. The van der Waals surface area contributed by atoms with Gasteiger partial charge in [0.25, 0.3) is 0 Å². The van der Waals surface area contributed by atoms with Crippen LogP contribution in [0.15, 0.2) is 29.6 Å². The predicted molar refractivity (Wildman–Crippen MR) is 89.4 cm³/mol. The second kappa shape index (κ2) is 8.06. The van der Waals surface area contributed by atoms with E-state index in [1.165, 1.54) is 14.0 Å². The van der Waals surface area contributed by atoms with Gasteiger partial charge in [0.05, 0.1) is 0 Å². The zero-order valence-corrected chi connectivity index (χ0v) is 16.2. The van der Waals surface area contributed by atoms with Crippen molar-refractivity contribution in [2.24, 2.45) is 0 Å². The van der Waals surface area contributed by atoms with Crippen molar-refractivity contribution >= 4 is 41.3 Å². The maximum atomic E-state index is 13.1. The van der Waals surface area contributed by atoms with Crippen molar-refractivity contribution in [2.75, 3.05) is 13.7 Å². The molecule has 134 valence electrons. The van der Waals surface area contributed by atoms with E-state index in [-0.39, 0.29) is 14.8 Å². The van der Waals surface area contributed by atoms with Crippen LogP contribution in [0.1, 0.15) is 33.2 Å². The van der Waals surface area contributed by atoms with Gasteiger partial charge in [0.2, 0.25) is 0 Å². The van der Waals surface area contributed by atoms with Crippen LogP contribution in [0.5, 0.6) is 5.75 Å². The summed E-state index contributed by atoms with van der Waals surface area (Å²) < 4.78 is 49.1. The number of methoxy groups -OCH3 is 1. The van der Waals surface area contributed by atoms with E-state index >= 15 is 0 Å². The molecular formula is C16H14AsF3O4S. The summed E-state index contributed by atoms with van der Waals surface area (Å²) in [6.07, 6.45) is -4.68. The first-order valence-electron chi connectivity index (χ1n) is 7.09. The van der Waals surface area contributed by atoms with Gasteiger partial charge in [-0.1, -0.05) is 0 Å². The van der Waals surface area contributed by atoms with Gasteiger partial charge < -0.3 is 0 Å². The SMILES string of the molecule is CCOC(=O)c1c(C(F)(F)F)csc1[AsH]C(=O)c1ccccc1OC. The number of hydrogen-bond acceptors (Lipinski definition) is 5. The molecule has 0 aliphatic carbocycles. The van der Waals surface area contributed by atoms with E-state index in [1.54, 1.807) is 24.3 Å². The van der Waals surface area contributed by atoms with Crippen LogP contribution in [0, 0.1) is 0 Å². The number of carbonyl (C=O) groups excluding carboxylic acids is 2. The quantitative estimate of drug-likeness (QED) is 0.519. The molecular weight excluding hydrogens is 420 g/mol. The number of alkyl halides is 3. The molecule has 1 unspecified atom stereocenters. The van der Waals surface area contributed by atoms with Crippen molar-refractivity contribution in [1.29, 1.82) is 0 Å². The summed E-state index contributed by atoms with van der Waals surface area (Å²) in [5.41, 5.74) is -1.30. The molecule has 4 nitrogen and oxygen atoms in total. The van der Waals surface area contributed by atoms with Crippen molar-refractivity contribution in [3.05, 3.63) is 46.3 Å². The summed E-state index contributed by atoms with van der Waals surface area (Å²) in [4.78, 5) is 24.5. The van der Waals surface area contributed by atoms with E-state index in [4.69, 9.17) is 9.47 Å². The molecule has 0 spiro atoms. The monoisotopic (exact) mass is 434 g/mol. The molecule has 0 fully saturated rings. The van der Waals surface area contributed by atoms with Crippen LogP contribution in [0.25, 0.3) is 0 Å². The van der Waals surface area contributed by atoms with Gasteiger partial charge in [-0.15, -0.1) is 0 Å². The maximum absolute atomic E-state index is 13.1. The molecule has 1 aromatic heterocycles. The topological polar surface area (TPSA) is 52.6 Å². The summed E-state index contributed by atoms with van der Waals surface area (Å²) in [6.45, 7) is 1.46. The molecule has 0 aliphatic rings. The van der Waals surface area contributed by atoms with Crippen LogP contribution < -0.4 is 8.40 Å². The Hall–Kier alpha value is -1.79. The average molecular weight is 434 g/mol. The number of hydrogen-bond donors (Lipinski definition) is 0. The van der Waals surface area contributed by atoms with Gasteiger partial charge in [-0.3, -0.25) is 0 Å². The number of esters is 1. The predicted octanol–water partition coefficient (Wildman–Crippen LogP) is 2.85. The third-order valence-electron chi connectivity index (χ3n) is 3.15. The van der Waals surface area contributed by atoms with Gasteiger partial charge in [0, 0.05) is 0 Å². The number of para-hydroxylation sites is 1. The van der Waals surface area contributed by atoms with Crippen molar-refractivity contribution < 1.29 is 32.2 Å². The molecule has 0 aliphatic heterocycles. The Balaban J connectivity index is 2.41. The Bertz CT molecular complexity index is 786. The normalized spacial score (nSPS) is 11.7. The van der Waals surface area contributed by atoms with Crippen molar-refractivity contribution in [3.63, 3.8) is 0 Å². The summed E-state index contributed by atoms with van der Waals surface area (Å²) >= 11 is -0.927. The Morgan fingerprint density at radius 1 is 1.24 bits per heavy atom. The van der Waals surface area contributed by atoms with Crippen molar-refractivity contribution in [2.45, 2.75) is 13.1 Å². The van der Waals surface area contributed by atoms with Crippen LogP contribution in [0.4, 0.5) is 13.2 Å². The number of ether oxygens (including phenoxy) is 2. The van der Waals surface area contributed by atoms with E-state index in [9.17, 15) is 22.8 Å². The molecule has 0 radical (unpaired) electrons. The van der Waals surface area contributed by atoms with Gasteiger partial charge in [0.1, 0.15) is 0 Å². The summed E-state index contributed by atoms with van der Waals surface area (Å²) in [5.74, 6) is -0.704. The molecule has 1 atom stereocenters. The minimum absolute atomic E-state index is 0.0497. The molecule has 0 bridgehead atoms. The van der Waals surface area contributed by atoms with Crippen LogP contribution in [0.2, 0.25) is 0 Å². The fourth-order valence-electron chi connectivity index (χ4n) is 2.07. The van der Waals surface area contributed by atoms with E-state index < -0.39 is 39.0 Å². The summed E-state index contributed by atoms with van der Waals surface area (Å²) in [5, 5.41) is 0.862. The zero-order chi connectivity index (χ0) is 18.6. The molecule has 0 saturated heterocycles. The first-order valence-corrected chi connectivity index (χ1v) is 10.1. The fraction of sp³-hybridized carbons (Fsp3) is 0.250. The van der Waals surface area contributed by atoms with Gasteiger partial charge in [-0.05, 0) is 0 Å². The van der Waals surface area contributed by atoms with Gasteiger partial charge in [0.15, 0.2) is 0 Å². The molecule has 0 amide bonds. The zero-order valence-electron chi connectivity index (χ0n) is 13.3. The number of rotatable bonds is 6. The minimum atomic E-state index is -4.68. The fourth-order valence-corrected chi connectivity index (χ4v) is 6.06. The first-order chi connectivity index (χ1) is 11.8. The number of carbonyl (C=O) groups is 2. The van der Waals surface area contributed by atoms with Gasteiger partial charge >= 0.3 is 152 Å². The first kappa shape index (κ1) is 19.5. The summed E-state index contributed by atoms with van der Waals surface area (Å²) in [7, 11) is 1.41. The van der Waals surface area contributed by atoms with E-state index in [0.717, 1.165) is 16.7 Å². The third kappa shape index (κ3) is 4.44. The molecule has 9 heteroatoms. The second-order valence-corrected chi connectivity index (χ2v) is 8.89. The summed E-state index contributed by atoms with van der Waals surface area (Å²) in [6, 6.07) is 6.48. The van der Waals surface area contributed by atoms with Gasteiger partial charge in [-0.2, -0.15) is 0 Å². The van der Waals surface area contributed by atoms with Crippen LogP contribution in [0.3, 0.4) is 0 Å². The number of benzene rings is 1. The van der Waals surface area contributed by atoms with Crippen molar-refractivity contribution in [1.82, 2.24) is 0 Å². The van der Waals surface area contributed by atoms with Crippen LogP contribution >= 0.6 is 11.3 Å². The Kier molecular flexibility index (Phi) is 6.30. The van der Waals surface area contributed by atoms with Crippen molar-refractivity contribution in [3.8, 4) is 5.75 Å². The second-order valence-electron chi connectivity index (χ2n) is 4.73. The standard InChI is InChI=1S/C16H14AsF3O4S/c1-3-24-15(22)12-10(16(18,19)20)8-25-14(12)17-13(21)9-6-4-5-7-11(9)23-2/h4-8,17H,3H2,1-2H3. The Morgan fingerprint density at radius 3 is 2.52 bits per heavy atom. The number of thiophene rings is 1. The van der Waals surface area contributed by atoms with E-state index in [1.807, 2.05) is 0 Å². The molecule has 1 heterocycles. The average Bonchev–Trinajstić information content (AvgIpc) is 2.99. The third-order valence-corrected chi connectivity index (χ3v) is 7.26. The Morgan fingerprint density at radius 2 is 1.92 bits per heavy atom. The van der Waals surface area contributed by atoms with Gasteiger partial charge in [-0.25, -0.2) is 0 Å².